The molecule has 0 unspecified atom stereocenters. The Kier molecular flexibility index (Phi) is 8.92. The summed E-state index contributed by atoms with van der Waals surface area (Å²) in [5.41, 5.74) is 0.633. The molecule has 2 saturated heterocycles. The molecule has 2 aromatic rings. The SMILES string of the molecule is O=C(Nc1cccc(Cl)c1)N1CCO[C@@H](CN(CCN2CCOCC2)C(=O)c2ccccc2F)C1. The maximum atomic E-state index is 14.4. The Bertz CT molecular complexity index is 1020. The molecule has 0 spiro atoms. The summed E-state index contributed by atoms with van der Waals surface area (Å²) >= 11 is 6.01. The van der Waals surface area contributed by atoms with Crippen molar-refractivity contribution < 1.29 is 23.5 Å². The van der Waals surface area contributed by atoms with Crippen LogP contribution >= 0.6 is 11.6 Å². The Hall–Kier alpha value is -2.72. The first-order valence-electron chi connectivity index (χ1n) is 11.8. The minimum atomic E-state index is -0.555. The number of nitrogens with zero attached hydrogens (tertiary/aromatic N) is 3. The van der Waals surface area contributed by atoms with E-state index in [1.165, 1.54) is 12.1 Å². The predicted octanol–water partition coefficient (Wildman–Crippen LogP) is 3.19. The molecule has 2 heterocycles. The summed E-state index contributed by atoms with van der Waals surface area (Å²) < 4.78 is 25.7. The van der Waals surface area contributed by atoms with E-state index in [1.807, 2.05) is 0 Å². The number of nitrogens with one attached hydrogen (secondary N) is 1. The van der Waals surface area contributed by atoms with Crippen molar-refractivity contribution in [1.29, 1.82) is 0 Å². The molecule has 10 heteroatoms. The second-order valence-corrected chi connectivity index (χ2v) is 9.00. The van der Waals surface area contributed by atoms with Crippen LogP contribution in [-0.2, 0) is 9.47 Å². The topological polar surface area (TPSA) is 74.4 Å². The fourth-order valence-electron chi connectivity index (χ4n) is 4.20. The summed E-state index contributed by atoms with van der Waals surface area (Å²) in [6.45, 7) is 5.29. The van der Waals surface area contributed by atoms with Gasteiger partial charge in [-0.15, -0.1) is 0 Å². The van der Waals surface area contributed by atoms with E-state index in [0.29, 0.717) is 56.7 Å². The molecule has 3 amide bonds. The fourth-order valence-corrected chi connectivity index (χ4v) is 4.39. The van der Waals surface area contributed by atoms with Crippen molar-refractivity contribution >= 4 is 29.2 Å². The molecule has 2 fully saturated rings. The largest absolute Gasteiger partial charge is 0.379 e. The average Bonchev–Trinajstić information content (AvgIpc) is 2.87. The van der Waals surface area contributed by atoms with Gasteiger partial charge in [-0.1, -0.05) is 29.8 Å². The summed E-state index contributed by atoms with van der Waals surface area (Å²) in [6.07, 6.45) is -0.394. The molecule has 2 aromatic carbocycles. The highest BCUT2D eigenvalue weighted by atomic mass is 35.5. The highest BCUT2D eigenvalue weighted by Crippen LogP contribution is 2.17. The van der Waals surface area contributed by atoms with Gasteiger partial charge in [0.15, 0.2) is 0 Å². The number of hydrogen-bond donors (Lipinski definition) is 1. The van der Waals surface area contributed by atoms with Crippen molar-refractivity contribution in [3.8, 4) is 0 Å². The van der Waals surface area contributed by atoms with E-state index in [0.717, 1.165) is 13.1 Å². The highest BCUT2D eigenvalue weighted by molar-refractivity contribution is 6.30. The molecule has 4 rings (SSSR count). The average molecular weight is 505 g/mol. The van der Waals surface area contributed by atoms with Crippen LogP contribution in [0.5, 0.6) is 0 Å². The van der Waals surface area contributed by atoms with Gasteiger partial charge in [0.1, 0.15) is 5.82 Å². The number of rotatable bonds is 7. The van der Waals surface area contributed by atoms with Gasteiger partial charge in [-0.3, -0.25) is 9.69 Å². The van der Waals surface area contributed by atoms with Crippen molar-refractivity contribution in [2.24, 2.45) is 0 Å². The maximum absolute atomic E-state index is 14.4. The molecule has 35 heavy (non-hydrogen) atoms. The van der Waals surface area contributed by atoms with Gasteiger partial charge < -0.3 is 24.6 Å². The van der Waals surface area contributed by atoms with Crippen molar-refractivity contribution in [3.63, 3.8) is 0 Å². The summed E-state index contributed by atoms with van der Waals surface area (Å²) in [7, 11) is 0. The van der Waals surface area contributed by atoms with E-state index in [1.54, 1.807) is 46.2 Å². The lowest BCUT2D eigenvalue weighted by molar-refractivity contribution is -0.0282. The Labute approximate surface area is 209 Å². The Morgan fingerprint density at radius 2 is 1.89 bits per heavy atom. The standard InChI is InChI=1S/C25H30ClFN4O4/c26-19-4-3-5-20(16-19)28-25(33)31-12-15-35-21(18-31)17-30(9-8-29-10-13-34-14-11-29)24(32)22-6-1-2-7-23(22)27/h1-7,16,21H,8-15,17-18H2,(H,28,33)/t21-/m0/s1. The van der Waals surface area contributed by atoms with E-state index < -0.39 is 11.9 Å². The number of hydrogen-bond acceptors (Lipinski definition) is 5. The number of benzene rings is 2. The van der Waals surface area contributed by atoms with E-state index in [4.69, 9.17) is 21.1 Å². The monoisotopic (exact) mass is 504 g/mol. The number of halogens is 2. The van der Waals surface area contributed by atoms with Crippen LogP contribution in [-0.4, -0.2) is 98.4 Å². The number of urea groups is 1. The van der Waals surface area contributed by atoms with Gasteiger partial charge >= 0.3 is 6.03 Å². The van der Waals surface area contributed by atoms with Crippen LogP contribution in [0.1, 0.15) is 10.4 Å². The van der Waals surface area contributed by atoms with E-state index in [2.05, 4.69) is 10.2 Å². The Balaban J connectivity index is 1.41. The highest BCUT2D eigenvalue weighted by Gasteiger charge is 2.29. The molecule has 0 saturated carbocycles. The van der Waals surface area contributed by atoms with Crippen molar-refractivity contribution in [2.75, 3.05) is 71.0 Å². The van der Waals surface area contributed by atoms with Crippen molar-refractivity contribution in [2.45, 2.75) is 6.10 Å². The quantitative estimate of drug-likeness (QED) is 0.627. The molecule has 0 bridgehead atoms. The van der Waals surface area contributed by atoms with Gasteiger partial charge in [-0.25, -0.2) is 9.18 Å². The Morgan fingerprint density at radius 3 is 2.66 bits per heavy atom. The van der Waals surface area contributed by atoms with Crippen LogP contribution in [0.25, 0.3) is 0 Å². The first-order chi connectivity index (χ1) is 17.0. The molecule has 0 aliphatic carbocycles. The minimum absolute atomic E-state index is 0.0286. The Morgan fingerprint density at radius 1 is 1.09 bits per heavy atom. The van der Waals surface area contributed by atoms with Crippen LogP contribution in [0.4, 0.5) is 14.9 Å². The number of morpholine rings is 2. The van der Waals surface area contributed by atoms with Crippen LogP contribution in [0.2, 0.25) is 5.02 Å². The predicted molar refractivity (Wildman–Crippen MR) is 131 cm³/mol. The van der Waals surface area contributed by atoms with E-state index in [-0.39, 0.29) is 24.0 Å². The second-order valence-electron chi connectivity index (χ2n) is 8.56. The molecule has 0 radical (unpaired) electrons. The van der Waals surface area contributed by atoms with E-state index >= 15 is 0 Å². The number of carbonyl (C=O) groups is 2. The zero-order valence-electron chi connectivity index (χ0n) is 19.5. The molecule has 1 N–H and O–H groups in total. The number of anilines is 1. The van der Waals surface area contributed by atoms with Crippen LogP contribution in [0.3, 0.4) is 0 Å². The number of carbonyl (C=O) groups excluding carboxylic acids is 2. The summed E-state index contributed by atoms with van der Waals surface area (Å²) in [4.78, 5) is 31.6. The maximum Gasteiger partial charge on any atom is 0.322 e. The molecule has 0 aromatic heterocycles. The lowest BCUT2D eigenvalue weighted by atomic mass is 10.1. The summed E-state index contributed by atoms with van der Waals surface area (Å²) in [5.74, 6) is -0.943. The molecule has 8 nitrogen and oxygen atoms in total. The van der Waals surface area contributed by atoms with Crippen LogP contribution in [0.15, 0.2) is 48.5 Å². The smallest absolute Gasteiger partial charge is 0.322 e. The molecular weight excluding hydrogens is 475 g/mol. The van der Waals surface area contributed by atoms with Gasteiger partial charge in [-0.05, 0) is 30.3 Å². The lowest BCUT2D eigenvalue weighted by Crippen LogP contribution is -2.52. The molecule has 2 aliphatic heterocycles. The molecular formula is C25H30ClFN4O4. The first kappa shape index (κ1) is 25.4. The number of amides is 3. The minimum Gasteiger partial charge on any atom is -0.379 e. The fraction of sp³-hybridized carbons (Fsp3) is 0.440. The van der Waals surface area contributed by atoms with Gasteiger partial charge in [-0.2, -0.15) is 0 Å². The zero-order chi connectivity index (χ0) is 24.6. The third-order valence-electron chi connectivity index (χ3n) is 6.11. The van der Waals surface area contributed by atoms with Crippen molar-refractivity contribution in [1.82, 2.24) is 14.7 Å². The molecule has 188 valence electrons. The van der Waals surface area contributed by atoms with Gasteiger partial charge in [0.25, 0.3) is 5.91 Å². The molecule has 1 atom stereocenters. The summed E-state index contributed by atoms with van der Waals surface area (Å²) in [5, 5.41) is 3.38. The van der Waals surface area contributed by atoms with Crippen molar-refractivity contribution in [3.05, 3.63) is 64.9 Å². The van der Waals surface area contributed by atoms with E-state index in [9.17, 15) is 14.0 Å². The second kappa shape index (κ2) is 12.3. The van der Waals surface area contributed by atoms with Crippen LogP contribution in [0, 0.1) is 5.82 Å². The third-order valence-corrected chi connectivity index (χ3v) is 6.34. The zero-order valence-corrected chi connectivity index (χ0v) is 20.3. The number of ether oxygens (including phenoxy) is 2. The van der Waals surface area contributed by atoms with Gasteiger partial charge in [0.2, 0.25) is 0 Å². The lowest BCUT2D eigenvalue weighted by Gasteiger charge is -2.36. The molecule has 2 aliphatic rings. The normalized spacial score (nSPS) is 18.8. The van der Waals surface area contributed by atoms with Crippen LogP contribution < -0.4 is 5.32 Å². The third kappa shape index (κ3) is 7.14. The van der Waals surface area contributed by atoms with Gasteiger partial charge in [0, 0.05) is 50.0 Å². The first-order valence-corrected chi connectivity index (χ1v) is 12.1. The van der Waals surface area contributed by atoms with Gasteiger partial charge in [0.05, 0.1) is 38.0 Å². The summed E-state index contributed by atoms with van der Waals surface area (Å²) in [6, 6.07) is 12.7.